The van der Waals surface area contributed by atoms with Crippen molar-refractivity contribution in [2.75, 3.05) is 31.6 Å². The predicted octanol–water partition coefficient (Wildman–Crippen LogP) is 3.88. The molecule has 6 heteroatoms. The molecule has 0 saturated carbocycles. The Balaban J connectivity index is 1.42. The number of halogens is 1. The predicted molar refractivity (Wildman–Crippen MR) is 118 cm³/mol. The molecule has 28 heavy (non-hydrogen) atoms. The molecule has 0 aliphatic carbocycles. The van der Waals surface area contributed by atoms with E-state index in [1.807, 2.05) is 18.3 Å². The summed E-state index contributed by atoms with van der Waals surface area (Å²) in [6, 6.07) is 12.7. The molecule has 0 bridgehead atoms. The van der Waals surface area contributed by atoms with Crippen molar-refractivity contribution < 1.29 is 0 Å². The first-order chi connectivity index (χ1) is 13.6. The Morgan fingerprint density at radius 2 is 1.82 bits per heavy atom. The number of benzene rings is 1. The van der Waals surface area contributed by atoms with Gasteiger partial charge in [-0.05, 0) is 54.5 Å². The highest BCUT2D eigenvalue weighted by molar-refractivity contribution is 6.29. The van der Waals surface area contributed by atoms with E-state index in [9.17, 15) is 0 Å². The minimum atomic E-state index is 0.523. The highest BCUT2D eigenvalue weighted by Gasteiger charge is 2.15. The average Bonchev–Trinajstić information content (AvgIpc) is 2.73. The van der Waals surface area contributed by atoms with Crippen molar-refractivity contribution in [1.29, 1.82) is 0 Å². The number of piperidine rings is 1. The summed E-state index contributed by atoms with van der Waals surface area (Å²) >= 11 is 5.82. The second kappa shape index (κ2) is 10.3. The summed E-state index contributed by atoms with van der Waals surface area (Å²) in [5.74, 6) is 1.66. The van der Waals surface area contributed by atoms with E-state index < -0.39 is 0 Å². The summed E-state index contributed by atoms with van der Waals surface area (Å²) in [7, 11) is 1.79. The SMILES string of the molecule is CN=C(NCCc1ccc(Cl)nc1)NCc1ccc(N2CCC(C)CC2)cc1. The fourth-order valence-corrected chi connectivity index (χ4v) is 3.49. The van der Waals surface area contributed by atoms with Gasteiger partial charge in [0, 0.05) is 45.1 Å². The number of hydrogen-bond donors (Lipinski definition) is 2. The standard InChI is InChI=1S/C22H30ClN5/c1-17-10-13-28(14-11-17)20-6-3-18(4-7-20)16-27-22(24-2)25-12-9-19-5-8-21(23)26-15-19/h3-8,15,17H,9-14,16H2,1-2H3,(H2,24,25,27). The smallest absolute Gasteiger partial charge is 0.191 e. The van der Waals surface area contributed by atoms with Crippen LogP contribution in [-0.2, 0) is 13.0 Å². The number of aliphatic imine (C=N–C) groups is 1. The highest BCUT2D eigenvalue weighted by atomic mass is 35.5. The molecule has 2 aromatic rings. The summed E-state index contributed by atoms with van der Waals surface area (Å²) in [5.41, 5.74) is 3.73. The lowest BCUT2D eigenvalue weighted by molar-refractivity contribution is 0.438. The highest BCUT2D eigenvalue weighted by Crippen LogP contribution is 2.23. The molecule has 2 N–H and O–H groups in total. The fraction of sp³-hybridized carbons (Fsp3) is 0.455. The van der Waals surface area contributed by atoms with Gasteiger partial charge >= 0.3 is 0 Å². The number of rotatable bonds is 6. The Labute approximate surface area is 173 Å². The molecule has 0 unspecified atom stereocenters. The van der Waals surface area contributed by atoms with Crippen LogP contribution in [0.25, 0.3) is 0 Å². The monoisotopic (exact) mass is 399 g/mol. The zero-order chi connectivity index (χ0) is 19.8. The molecular weight excluding hydrogens is 370 g/mol. The molecule has 1 aromatic carbocycles. The quantitative estimate of drug-likeness (QED) is 0.439. The van der Waals surface area contributed by atoms with E-state index in [4.69, 9.17) is 11.6 Å². The van der Waals surface area contributed by atoms with Crippen LogP contribution in [0, 0.1) is 5.92 Å². The first kappa shape index (κ1) is 20.5. The zero-order valence-electron chi connectivity index (χ0n) is 16.8. The summed E-state index contributed by atoms with van der Waals surface area (Å²) in [6.45, 7) is 6.21. The number of nitrogens with zero attached hydrogens (tertiary/aromatic N) is 3. The van der Waals surface area contributed by atoms with Crippen LogP contribution in [0.3, 0.4) is 0 Å². The van der Waals surface area contributed by atoms with Gasteiger partial charge in [-0.3, -0.25) is 4.99 Å². The van der Waals surface area contributed by atoms with Gasteiger partial charge < -0.3 is 15.5 Å². The minimum Gasteiger partial charge on any atom is -0.372 e. The van der Waals surface area contributed by atoms with Crippen molar-refractivity contribution in [3.63, 3.8) is 0 Å². The van der Waals surface area contributed by atoms with Crippen molar-refractivity contribution in [2.24, 2.45) is 10.9 Å². The average molecular weight is 400 g/mol. The summed E-state index contributed by atoms with van der Waals surface area (Å²) in [4.78, 5) is 10.9. The molecule has 1 saturated heterocycles. The maximum Gasteiger partial charge on any atom is 0.191 e. The van der Waals surface area contributed by atoms with E-state index in [1.165, 1.54) is 37.2 Å². The summed E-state index contributed by atoms with van der Waals surface area (Å²) in [6.07, 6.45) is 5.26. The second-order valence-electron chi connectivity index (χ2n) is 7.43. The molecule has 1 aromatic heterocycles. The van der Waals surface area contributed by atoms with Crippen molar-refractivity contribution in [2.45, 2.75) is 32.7 Å². The Bertz CT molecular complexity index is 750. The number of guanidine groups is 1. The molecule has 150 valence electrons. The van der Waals surface area contributed by atoms with Gasteiger partial charge in [0.15, 0.2) is 5.96 Å². The number of anilines is 1. The van der Waals surface area contributed by atoms with Gasteiger partial charge in [0.1, 0.15) is 5.15 Å². The van der Waals surface area contributed by atoms with Crippen LogP contribution in [0.4, 0.5) is 5.69 Å². The molecule has 1 aliphatic heterocycles. The Kier molecular flexibility index (Phi) is 7.54. The summed E-state index contributed by atoms with van der Waals surface area (Å²) < 4.78 is 0. The van der Waals surface area contributed by atoms with Gasteiger partial charge in [-0.2, -0.15) is 0 Å². The van der Waals surface area contributed by atoms with Crippen LogP contribution in [0.2, 0.25) is 5.15 Å². The molecule has 1 aliphatic rings. The van der Waals surface area contributed by atoms with E-state index in [1.54, 1.807) is 7.05 Å². The zero-order valence-corrected chi connectivity index (χ0v) is 17.5. The molecule has 0 spiro atoms. The van der Waals surface area contributed by atoms with E-state index in [0.717, 1.165) is 37.0 Å². The van der Waals surface area contributed by atoms with Crippen molar-refractivity contribution >= 4 is 23.2 Å². The third-order valence-electron chi connectivity index (χ3n) is 5.26. The van der Waals surface area contributed by atoms with E-state index in [0.29, 0.717) is 5.15 Å². The molecule has 1 fully saturated rings. The van der Waals surface area contributed by atoms with Crippen LogP contribution in [0.1, 0.15) is 30.9 Å². The third kappa shape index (κ3) is 6.13. The number of nitrogens with one attached hydrogen (secondary N) is 2. The van der Waals surface area contributed by atoms with Crippen LogP contribution < -0.4 is 15.5 Å². The maximum atomic E-state index is 5.82. The van der Waals surface area contributed by atoms with Crippen molar-refractivity contribution in [3.05, 3.63) is 58.9 Å². The van der Waals surface area contributed by atoms with E-state index in [2.05, 4.69) is 56.7 Å². The largest absolute Gasteiger partial charge is 0.372 e. The van der Waals surface area contributed by atoms with Gasteiger partial charge in [0.25, 0.3) is 0 Å². The first-order valence-corrected chi connectivity index (χ1v) is 10.4. The van der Waals surface area contributed by atoms with E-state index in [-0.39, 0.29) is 0 Å². The van der Waals surface area contributed by atoms with Gasteiger partial charge in [-0.1, -0.05) is 36.7 Å². The Morgan fingerprint density at radius 3 is 2.46 bits per heavy atom. The first-order valence-electron chi connectivity index (χ1n) is 10.0. The molecule has 2 heterocycles. The van der Waals surface area contributed by atoms with Crippen LogP contribution in [-0.4, -0.2) is 37.6 Å². The van der Waals surface area contributed by atoms with E-state index >= 15 is 0 Å². The molecule has 0 radical (unpaired) electrons. The molecule has 3 rings (SSSR count). The van der Waals surface area contributed by atoms with Crippen LogP contribution in [0.15, 0.2) is 47.6 Å². The Morgan fingerprint density at radius 1 is 1.11 bits per heavy atom. The van der Waals surface area contributed by atoms with Gasteiger partial charge in [-0.25, -0.2) is 4.98 Å². The lowest BCUT2D eigenvalue weighted by Gasteiger charge is -2.32. The van der Waals surface area contributed by atoms with Gasteiger partial charge in [0.05, 0.1) is 0 Å². The van der Waals surface area contributed by atoms with Crippen LogP contribution in [0.5, 0.6) is 0 Å². The van der Waals surface area contributed by atoms with Crippen molar-refractivity contribution in [3.8, 4) is 0 Å². The molecule has 5 nitrogen and oxygen atoms in total. The lowest BCUT2D eigenvalue weighted by atomic mass is 9.99. The number of aromatic nitrogens is 1. The molecular formula is C22H30ClN5. The number of hydrogen-bond acceptors (Lipinski definition) is 3. The third-order valence-corrected chi connectivity index (χ3v) is 5.49. The van der Waals surface area contributed by atoms with Crippen LogP contribution >= 0.6 is 11.6 Å². The van der Waals surface area contributed by atoms with Crippen molar-refractivity contribution in [1.82, 2.24) is 15.6 Å². The molecule has 0 amide bonds. The maximum absolute atomic E-state index is 5.82. The minimum absolute atomic E-state index is 0.523. The Hall–Kier alpha value is -2.27. The second-order valence-corrected chi connectivity index (χ2v) is 7.81. The molecule has 0 atom stereocenters. The number of pyridine rings is 1. The fourth-order valence-electron chi connectivity index (χ4n) is 3.38. The normalized spacial score (nSPS) is 15.5. The summed E-state index contributed by atoms with van der Waals surface area (Å²) in [5, 5.41) is 7.24. The van der Waals surface area contributed by atoms with Gasteiger partial charge in [0.2, 0.25) is 0 Å². The topological polar surface area (TPSA) is 52.6 Å². The lowest BCUT2D eigenvalue weighted by Crippen LogP contribution is -2.37. The van der Waals surface area contributed by atoms with Gasteiger partial charge in [-0.15, -0.1) is 0 Å².